The average Bonchev–Trinajstić information content (AvgIpc) is 2.47. The molecule has 0 N–H and O–H groups in total. The summed E-state index contributed by atoms with van der Waals surface area (Å²) < 4.78 is 1.35. The maximum absolute atomic E-state index is 5.97. The number of hydrogen-bond donors (Lipinski definition) is 0. The largest absolute Gasteiger partial charge is 0.139 e. The molecule has 13 heavy (non-hydrogen) atoms. The van der Waals surface area contributed by atoms with E-state index in [0.717, 1.165) is 10.4 Å². The second-order valence-corrected chi connectivity index (χ2v) is 5.12. The van der Waals surface area contributed by atoms with Crippen LogP contribution >= 0.6 is 38.9 Å². The van der Waals surface area contributed by atoms with Gasteiger partial charge in [-0.2, -0.15) is 0 Å². The SMILES string of the molecule is Cc1cc(Cl)cc2cc(CBr)sc12. The molecule has 0 atom stereocenters. The highest BCUT2D eigenvalue weighted by Gasteiger charge is 2.04. The summed E-state index contributed by atoms with van der Waals surface area (Å²) in [5, 5.41) is 3.00. The molecule has 1 aromatic carbocycles. The number of halogens is 2. The van der Waals surface area contributed by atoms with Gasteiger partial charge in [-0.05, 0) is 36.1 Å². The highest BCUT2D eigenvalue weighted by atomic mass is 79.9. The molecule has 0 radical (unpaired) electrons. The standard InChI is InChI=1S/C10H8BrClS/c1-6-2-8(12)3-7-4-9(5-11)13-10(6)7/h2-4H,5H2,1H3. The minimum absolute atomic E-state index is 0.823. The molecule has 0 aliphatic rings. The van der Waals surface area contributed by atoms with Crippen molar-refractivity contribution in [2.45, 2.75) is 12.3 Å². The summed E-state index contributed by atoms with van der Waals surface area (Å²) in [7, 11) is 0. The van der Waals surface area contributed by atoms with Gasteiger partial charge < -0.3 is 0 Å². The van der Waals surface area contributed by atoms with Crippen molar-refractivity contribution < 1.29 is 0 Å². The molecule has 2 rings (SSSR count). The Morgan fingerprint density at radius 2 is 2.15 bits per heavy atom. The fourth-order valence-electron chi connectivity index (χ4n) is 1.40. The highest BCUT2D eigenvalue weighted by molar-refractivity contribution is 9.08. The van der Waals surface area contributed by atoms with Crippen molar-refractivity contribution in [2.75, 3.05) is 0 Å². The minimum Gasteiger partial charge on any atom is -0.139 e. The normalized spacial score (nSPS) is 11.0. The molecule has 1 aromatic heterocycles. The first-order valence-electron chi connectivity index (χ1n) is 3.95. The van der Waals surface area contributed by atoms with Gasteiger partial charge in [0, 0.05) is 19.9 Å². The number of rotatable bonds is 1. The van der Waals surface area contributed by atoms with Gasteiger partial charge in [0.25, 0.3) is 0 Å². The first-order valence-corrected chi connectivity index (χ1v) is 6.27. The van der Waals surface area contributed by atoms with Crippen molar-refractivity contribution >= 4 is 49.0 Å². The van der Waals surface area contributed by atoms with Crippen LogP contribution in [0.2, 0.25) is 5.02 Å². The van der Waals surface area contributed by atoms with Crippen molar-refractivity contribution in [3.8, 4) is 0 Å². The number of benzene rings is 1. The van der Waals surface area contributed by atoms with Crippen LogP contribution in [0.4, 0.5) is 0 Å². The van der Waals surface area contributed by atoms with Crippen molar-refractivity contribution in [2.24, 2.45) is 0 Å². The van der Waals surface area contributed by atoms with Gasteiger partial charge in [-0.1, -0.05) is 27.5 Å². The van der Waals surface area contributed by atoms with Gasteiger partial charge in [-0.3, -0.25) is 0 Å². The molecule has 0 unspecified atom stereocenters. The van der Waals surface area contributed by atoms with Crippen molar-refractivity contribution in [3.63, 3.8) is 0 Å². The van der Waals surface area contributed by atoms with Crippen LogP contribution in [0.3, 0.4) is 0 Å². The number of thiophene rings is 1. The van der Waals surface area contributed by atoms with E-state index in [2.05, 4.69) is 28.9 Å². The minimum atomic E-state index is 0.823. The Labute approximate surface area is 94.7 Å². The Morgan fingerprint density at radius 3 is 2.85 bits per heavy atom. The van der Waals surface area contributed by atoms with Crippen LogP contribution in [0, 0.1) is 6.92 Å². The summed E-state index contributed by atoms with van der Waals surface area (Å²) in [6.45, 7) is 2.10. The van der Waals surface area contributed by atoms with Gasteiger partial charge in [0.15, 0.2) is 0 Å². The molecule has 0 saturated carbocycles. The summed E-state index contributed by atoms with van der Waals surface area (Å²) in [4.78, 5) is 1.35. The van der Waals surface area contributed by atoms with E-state index in [4.69, 9.17) is 11.6 Å². The molecule has 0 saturated heterocycles. The maximum Gasteiger partial charge on any atom is 0.0415 e. The second kappa shape index (κ2) is 3.60. The molecule has 0 spiro atoms. The Kier molecular flexibility index (Phi) is 2.63. The molecule has 2 aromatic rings. The van der Waals surface area contributed by atoms with Crippen LogP contribution in [-0.2, 0) is 5.33 Å². The number of hydrogen-bond acceptors (Lipinski definition) is 1. The molecule has 0 bridgehead atoms. The van der Waals surface area contributed by atoms with E-state index in [1.165, 1.54) is 20.5 Å². The quantitative estimate of drug-likeness (QED) is 0.658. The lowest BCUT2D eigenvalue weighted by atomic mass is 10.2. The van der Waals surface area contributed by atoms with Gasteiger partial charge in [0.1, 0.15) is 0 Å². The first kappa shape index (κ1) is 9.50. The highest BCUT2D eigenvalue weighted by Crippen LogP contribution is 2.32. The topological polar surface area (TPSA) is 0 Å². The average molecular weight is 276 g/mol. The summed E-state index contributed by atoms with van der Waals surface area (Å²) in [6, 6.07) is 6.22. The lowest BCUT2D eigenvalue weighted by Gasteiger charge is -1.95. The monoisotopic (exact) mass is 274 g/mol. The number of aryl methyl sites for hydroxylation is 1. The zero-order chi connectivity index (χ0) is 9.42. The third-order valence-electron chi connectivity index (χ3n) is 1.95. The fraction of sp³-hybridized carbons (Fsp3) is 0.200. The van der Waals surface area contributed by atoms with Crippen LogP contribution < -0.4 is 0 Å². The van der Waals surface area contributed by atoms with Crippen molar-refractivity contribution in [1.29, 1.82) is 0 Å². The van der Waals surface area contributed by atoms with Crippen LogP contribution in [0.5, 0.6) is 0 Å². The van der Waals surface area contributed by atoms with E-state index in [1.54, 1.807) is 0 Å². The summed E-state index contributed by atoms with van der Waals surface area (Å²) in [5.41, 5.74) is 1.26. The smallest absolute Gasteiger partial charge is 0.0415 e. The van der Waals surface area contributed by atoms with Crippen LogP contribution in [0.1, 0.15) is 10.4 Å². The summed E-state index contributed by atoms with van der Waals surface area (Å²) in [5.74, 6) is 0. The number of fused-ring (bicyclic) bond motifs is 1. The number of alkyl halides is 1. The van der Waals surface area contributed by atoms with Crippen LogP contribution in [0.15, 0.2) is 18.2 Å². The van der Waals surface area contributed by atoms with Gasteiger partial charge in [-0.15, -0.1) is 11.3 Å². The Morgan fingerprint density at radius 1 is 1.38 bits per heavy atom. The van der Waals surface area contributed by atoms with Gasteiger partial charge >= 0.3 is 0 Å². The van der Waals surface area contributed by atoms with Crippen molar-refractivity contribution in [1.82, 2.24) is 0 Å². The predicted octanol–water partition coefficient (Wildman–Crippen LogP) is 4.76. The molecule has 0 fully saturated rings. The zero-order valence-electron chi connectivity index (χ0n) is 7.10. The molecule has 1 heterocycles. The van der Waals surface area contributed by atoms with E-state index in [1.807, 2.05) is 23.5 Å². The zero-order valence-corrected chi connectivity index (χ0v) is 10.3. The maximum atomic E-state index is 5.97. The summed E-state index contributed by atoms with van der Waals surface area (Å²) in [6.07, 6.45) is 0. The Balaban J connectivity index is 2.75. The Bertz CT molecular complexity index is 447. The first-order chi connectivity index (χ1) is 6.20. The third-order valence-corrected chi connectivity index (χ3v) is 4.43. The van der Waals surface area contributed by atoms with E-state index in [9.17, 15) is 0 Å². The molecule has 0 amide bonds. The van der Waals surface area contributed by atoms with Crippen LogP contribution in [-0.4, -0.2) is 0 Å². The van der Waals surface area contributed by atoms with E-state index in [0.29, 0.717) is 0 Å². The van der Waals surface area contributed by atoms with E-state index < -0.39 is 0 Å². The van der Waals surface area contributed by atoms with Crippen LogP contribution in [0.25, 0.3) is 10.1 Å². The van der Waals surface area contributed by atoms with Gasteiger partial charge in [0.05, 0.1) is 0 Å². The molecule has 3 heteroatoms. The van der Waals surface area contributed by atoms with Gasteiger partial charge in [0.2, 0.25) is 0 Å². The molecule has 0 nitrogen and oxygen atoms in total. The van der Waals surface area contributed by atoms with E-state index in [-0.39, 0.29) is 0 Å². The summed E-state index contributed by atoms with van der Waals surface area (Å²) >= 11 is 11.3. The van der Waals surface area contributed by atoms with Gasteiger partial charge in [-0.25, -0.2) is 0 Å². The lowest BCUT2D eigenvalue weighted by Crippen LogP contribution is -1.71. The molecular formula is C10H8BrClS. The van der Waals surface area contributed by atoms with Crippen molar-refractivity contribution in [3.05, 3.63) is 33.7 Å². The predicted molar refractivity (Wildman–Crippen MR) is 64.2 cm³/mol. The molecule has 0 aliphatic carbocycles. The Hall–Kier alpha value is -0.0500. The molecular weight excluding hydrogens is 268 g/mol. The fourth-order valence-corrected chi connectivity index (χ4v) is 3.15. The third kappa shape index (κ3) is 1.76. The lowest BCUT2D eigenvalue weighted by molar-refractivity contribution is 1.56. The second-order valence-electron chi connectivity index (χ2n) is 2.99. The molecule has 68 valence electrons. The van der Waals surface area contributed by atoms with E-state index >= 15 is 0 Å². The molecule has 0 aliphatic heterocycles.